The second kappa shape index (κ2) is 5.56. The van der Waals surface area contributed by atoms with E-state index in [2.05, 4.69) is 5.32 Å². The Morgan fingerprint density at radius 1 is 1.42 bits per heavy atom. The van der Waals surface area contributed by atoms with Crippen LogP contribution in [0.15, 0.2) is 4.79 Å². The highest BCUT2D eigenvalue weighted by atomic mass is 32.1. The number of hydrogen-bond acceptors (Lipinski definition) is 4. The van der Waals surface area contributed by atoms with Gasteiger partial charge in [-0.15, -0.1) is 0 Å². The largest absolute Gasteiger partial charge is 0.477 e. The number of nitrogens with zero attached hydrogens (tertiary/aromatic N) is 1. The van der Waals surface area contributed by atoms with Crippen LogP contribution in [0.5, 0.6) is 0 Å². The van der Waals surface area contributed by atoms with Gasteiger partial charge in [0.25, 0.3) is 0 Å². The van der Waals surface area contributed by atoms with Crippen molar-refractivity contribution in [1.29, 1.82) is 0 Å². The molecule has 7 heteroatoms. The molecule has 6 nitrogen and oxygen atoms in total. The highest BCUT2D eigenvalue weighted by Crippen LogP contribution is 2.17. The molecule has 0 aromatic carbocycles. The Labute approximate surface area is 114 Å². The summed E-state index contributed by atoms with van der Waals surface area (Å²) < 4.78 is 1.22. The number of carboxylic acids is 1. The first kappa shape index (κ1) is 13.8. The van der Waals surface area contributed by atoms with Gasteiger partial charge in [-0.25, -0.2) is 4.79 Å². The second-order valence-corrected chi connectivity index (χ2v) is 5.68. The molecule has 1 fully saturated rings. The normalized spacial score (nSPS) is 15.6. The summed E-state index contributed by atoms with van der Waals surface area (Å²) in [5.41, 5.74) is 0.337. The molecule has 0 saturated heterocycles. The number of carboxylic acid groups (broad SMARTS) is 1. The number of nitrogens with one attached hydrogen (secondary N) is 1. The van der Waals surface area contributed by atoms with Crippen LogP contribution in [-0.4, -0.2) is 27.6 Å². The van der Waals surface area contributed by atoms with Crippen LogP contribution < -0.4 is 10.2 Å². The van der Waals surface area contributed by atoms with E-state index < -0.39 is 10.8 Å². The lowest BCUT2D eigenvalue weighted by Gasteiger charge is -2.12. The van der Waals surface area contributed by atoms with Gasteiger partial charge in [0.15, 0.2) is 0 Å². The lowest BCUT2D eigenvalue weighted by molar-refractivity contribution is -0.122. The maximum absolute atomic E-state index is 11.8. The monoisotopic (exact) mass is 284 g/mol. The number of aromatic carboxylic acids is 1. The molecule has 1 aromatic heterocycles. The van der Waals surface area contributed by atoms with Crippen LogP contribution in [0.2, 0.25) is 0 Å². The second-order valence-electron chi connectivity index (χ2n) is 4.72. The molecule has 0 radical (unpaired) electrons. The average Bonchev–Trinajstić information content (AvgIpc) is 2.92. The fraction of sp³-hybridized carbons (Fsp3) is 0.583. The standard InChI is InChI=1S/C12H16N2O4S/c1-7-10(11(16)17)19-12(18)14(7)6-9(15)13-8-4-2-3-5-8/h8H,2-6H2,1H3,(H,13,15)(H,16,17). The zero-order chi connectivity index (χ0) is 14.0. The summed E-state index contributed by atoms with van der Waals surface area (Å²) in [7, 11) is 0. The van der Waals surface area contributed by atoms with Gasteiger partial charge in [-0.1, -0.05) is 24.2 Å². The number of carbonyl (C=O) groups excluding carboxylic acids is 1. The van der Waals surface area contributed by atoms with Gasteiger partial charge < -0.3 is 10.4 Å². The van der Waals surface area contributed by atoms with E-state index in [1.807, 2.05) is 0 Å². The van der Waals surface area contributed by atoms with Crippen LogP contribution in [-0.2, 0) is 11.3 Å². The summed E-state index contributed by atoms with van der Waals surface area (Å²) in [5, 5.41) is 11.8. The van der Waals surface area contributed by atoms with E-state index in [9.17, 15) is 14.4 Å². The predicted molar refractivity (Wildman–Crippen MR) is 70.7 cm³/mol. The summed E-state index contributed by atoms with van der Waals surface area (Å²) in [4.78, 5) is 34.0. The fourth-order valence-corrected chi connectivity index (χ4v) is 3.18. The molecular weight excluding hydrogens is 268 g/mol. The zero-order valence-electron chi connectivity index (χ0n) is 10.6. The lowest BCUT2D eigenvalue weighted by atomic mass is 10.2. The third-order valence-electron chi connectivity index (χ3n) is 3.36. The smallest absolute Gasteiger partial charge is 0.347 e. The SMILES string of the molecule is Cc1c(C(=O)O)sc(=O)n1CC(=O)NC1CCCC1. The highest BCUT2D eigenvalue weighted by Gasteiger charge is 2.21. The minimum Gasteiger partial charge on any atom is -0.477 e. The Hall–Kier alpha value is -1.63. The van der Waals surface area contributed by atoms with Crippen LogP contribution in [0.1, 0.15) is 41.0 Å². The summed E-state index contributed by atoms with van der Waals surface area (Å²) >= 11 is 0.662. The molecule has 2 rings (SSSR count). The van der Waals surface area contributed by atoms with Crippen molar-refractivity contribution in [2.45, 2.75) is 45.2 Å². The van der Waals surface area contributed by atoms with Gasteiger partial charge in [0.2, 0.25) is 5.91 Å². The van der Waals surface area contributed by atoms with E-state index >= 15 is 0 Å². The topological polar surface area (TPSA) is 88.4 Å². The van der Waals surface area contributed by atoms with Crippen molar-refractivity contribution in [3.63, 3.8) is 0 Å². The lowest BCUT2D eigenvalue weighted by Crippen LogP contribution is -2.37. The molecule has 1 saturated carbocycles. The van der Waals surface area contributed by atoms with E-state index in [0.717, 1.165) is 25.7 Å². The quantitative estimate of drug-likeness (QED) is 0.862. The first-order chi connectivity index (χ1) is 8.99. The molecule has 0 bridgehead atoms. The Morgan fingerprint density at radius 3 is 2.58 bits per heavy atom. The fourth-order valence-electron chi connectivity index (χ4n) is 2.34. The molecule has 0 atom stereocenters. The zero-order valence-corrected chi connectivity index (χ0v) is 11.5. The third kappa shape index (κ3) is 3.04. The highest BCUT2D eigenvalue weighted by molar-refractivity contribution is 7.11. The van der Waals surface area contributed by atoms with Gasteiger partial charge in [-0.3, -0.25) is 14.2 Å². The first-order valence-corrected chi connectivity index (χ1v) is 7.03. The Kier molecular flexibility index (Phi) is 4.04. The molecule has 0 spiro atoms. The number of carbonyl (C=O) groups is 2. The minimum atomic E-state index is -1.13. The molecule has 1 aliphatic carbocycles. The van der Waals surface area contributed by atoms with Crippen molar-refractivity contribution < 1.29 is 14.7 Å². The third-order valence-corrected chi connectivity index (χ3v) is 4.43. The van der Waals surface area contributed by atoms with E-state index in [1.165, 1.54) is 4.57 Å². The van der Waals surface area contributed by atoms with Gasteiger partial charge in [-0.2, -0.15) is 0 Å². The predicted octanol–water partition coefficient (Wildman–Crippen LogP) is 0.975. The number of thiazole rings is 1. The molecular formula is C12H16N2O4S. The molecule has 1 aliphatic rings. The van der Waals surface area contributed by atoms with Gasteiger partial charge in [-0.05, 0) is 19.8 Å². The van der Waals surface area contributed by atoms with E-state index in [4.69, 9.17) is 5.11 Å². The van der Waals surface area contributed by atoms with Crippen LogP contribution >= 0.6 is 11.3 Å². The van der Waals surface area contributed by atoms with Crippen LogP contribution in [0.25, 0.3) is 0 Å². The minimum absolute atomic E-state index is 0.00123. The summed E-state index contributed by atoms with van der Waals surface area (Å²) in [6.07, 6.45) is 4.18. The van der Waals surface area contributed by atoms with Crippen molar-refractivity contribution in [3.8, 4) is 0 Å². The van der Waals surface area contributed by atoms with Gasteiger partial charge in [0, 0.05) is 11.7 Å². The first-order valence-electron chi connectivity index (χ1n) is 6.22. The summed E-state index contributed by atoms with van der Waals surface area (Å²) in [5.74, 6) is -1.36. The van der Waals surface area contributed by atoms with Gasteiger partial charge >= 0.3 is 10.8 Å². The molecule has 19 heavy (non-hydrogen) atoms. The Balaban J connectivity index is 2.08. The Morgan fingerprint density at radius 2 is 2.05 bits per heavy atom. The molecule has 0 aliphatic heterocycles. The number of amides is 1. The average molecular weight is 284 g/mol. The van der Waals surface area contributed by atoms with Crippen molar-refractivity contribution in [1.82, 2.24) is 9.88 Å². The van der Waals surface area contributed by atoms with Crippen LogP contribution in [0.3, 0.4) is 0 Å². The van der Waals surface area contributed by atoms with Crippen molar-refractivity contribution in [2.75, 3.05) is 0 Å². The summed E-state index contributed by atoms with van der Waals surface area (Å²) in [6.45, 7) is 1.44. The summed E-state index contributed by atoms with van der Waals surface area (Å²) in [6, 6.07) is 0.195. The number of aromatic nitrogens is 1. The molecule has 2 N–H and O–H groups in total. The van der Waals surface area contributed by atoms with Gasteiger partial charge in [0.1, 0.15) is 11.4 Å². The van der Waals surface area contributed by atoms with Crippen molar-refractivity contribution >= 4 is 23.2 Å². The molecule has 104 valence electrons. The Bertz CT molecular complexity index is 555. The molecule has 0 unspecified atom stereocenters. The van der Waals surface area contributed by atoms with Crippen LogP contribution in [0, 0.1) is 6.92 Å². The van der Waals surface area contributed by atoms with Gasteiger partial charge in [0.05, 0.1) is 0 Å². The molecule has 1 amide bonds. The molecule has 1 heterocycles. The van der Waals surface area contributed by atoms with E-state index in [0.29, 0.717) is 17.0 Å². The molecule has 1 aromatic rings. The van der Waals surface area contributed by atoms with Crippen LogP contribution in [0.4, 0.5) is 0 Å². The number of hydrogen-bond donors (Lipinski definition) is 2. The number of rotatable bonds is 4. The van der Waals surface area contributed by atoms with E-state index in [1.54, 1.807) is 6.92 Å². The maximum atomic E-state index is 11.8. The van der Waals surface area contributed by atoms with Crippen molar-refractivity contribution in [2.24, 2.45) is 0 Å². The van der Waals surface area contributed by atoms with E-state index in [-0.39, 0.29) is 23.4 Å². The maximum Gasteiger partial charge on any atom is 0.347 e. The van der Waals surface area contributed by atoms with Crippen molar-refractivity contribution in [3.05, 3.63) is 20.2 Å².